The van der Waals surface area contributed by atoms with E-state index in [1.165, 1.54) is 36.8 Å². The van der Waals surface area contributed by atoms with Crippen molar-refractivity contribution in [3.63, 3.8) is 0 Å². The van der Waals surface area contributed by atoms with Crippen molar-refractivity contribution in [2.75, 3.05) is 12.3 Å². The Hall–Kier alpha value is -1.02. The van der Waals surface area contributed by atoms with E-state index in [9.17, 15) is 0 Å². The second kappa shape index (κ2) is 4.67. The van der Waals surface area contributed by atoms with Gasteiger partial charge in [0, 0.05) is 11.7 Å². The molecule has 0 aromatic heterocycles. The average molecular weight is 204 g/mol. The van der Waals surface area contributed by atoms with Crippen molar-refractivity contribution < 1.29 is 0 Å². The molecule has 82 valence electrons. The van der Waals surface area contributed by atoms with Crippen LogP contribution in [-0.2, 0) is 0 Å². The topological polar surface area (TPSA) is 38.0 Å². The van der Waals surface area contributed by atoms with Crippen LogP contribution in [0.15, 0.2) is 18.2 Å². The Labute approximate surface area is 91.9 Å². The molecule has 1 saturated heterocycles. The van der Waals surface area contributed by atoms with Gasteiger partial charge in [-0.15, -0.1) is 0 Å². The molecule has 1 heterocycles. The fourth-order valence-electron chi connectivity index (χ4n) is 2.19. The van der Waals surface area contributed by atoms with Gasteiger partial charge < -0.3 is 11.1 Å². The summed E-state index contributed by atoms with van der Waals surface area (Å²) in [6.07, 6.45) is 5.22. The van der Waals surface area contributed by atoms with Crippen molar-refractivity contribution in [3.8, 4) is 0 Å². The predicted molar refractivity (Wildman–Crippen MR) is 64.8 cm³/mol. The summed E-state index contributed by atoms with van der Waals surface area (Å²) in [7, 11) is 0. The van der Waals surface area contributed by atoms with Gasteiger partial charge >= 0.3 is 0 Å². The summed E-state index contributed by atoms with van der Waals surface area (Å²) in [5.41, 5.74) is 9.37. The molecule has 1 aromatic rings. The Morgan fingerprint density at radius 3 is 2.93 bits per heavy atom. The number of anilines is 1. The van der Waals surface area contributed by atoms with Crippen molar-refractivity contribution in [2.45, 2.75) is 38.6 Å². The van der Waals surface area contributed by atoms with Gasteiger partial charge in [0.2, 0.25) is 0 Å². The lowest BCUT2D eigenvalue weighted by Gasteiger charge is -2.17. The second-order valence-corrected chi connectivity index (χ2v) is 4.47. The van der Waals surface area contributed by atoms with Crippen molar-refractivity contribution >= 4 is 5.69 Å². The average Bonchev–Trinajstić information content (AvgIpc) is 2.50. The number of nitrogens with one attached hydrogen (secondary N) is 1. The van der Waals surface area contributed by atoms with Crippen LogP contribution in [0.25, 0.3) is 0 Å². The molecule has 0 aliphatic carbocycles. The first-order valence-corrected chi connectivity index (χ1v) is 5.87. The summed E-state index contributed by atoms with van der Waals surface area (Å²) in [6.45, 7) is 3.19. The molecule has 1 unspecified atom stereocenters. The lowest BCUT2D eigenvalue weighted by Crippen LogP contribution is -2.20. The number of nitrogen functional groups attached to an aromatic ring is 1. The van der Waals surface area contributed by atoms with E-state index in [1.54, 1.807) is 0 Å². The highest BCUT2D eigenvalue weighted by molar-refractivity contribution is 5.49. The number of aryl methyl sites for hydroxylation is 1. The summed E-state index contributed by atoms with van der Waals surface area (Å²) in [5, 5.41) is 3.59. The van der Waals surface area contributed by atoms with Crippen LogP contribution in [0.5, 0.6) is 0 Å². The molecule has 3 N–H and O–H groups in total. The van der Waals surface area contributed by atoms with E-state index >= 15 is 0 Å². The summed E-state index contributed by atoms with van der Waals surface area (Å²) in [6, 6.07) is 6.96. The van der Waals surface area contributed by atoms with Crippen LogP contribution in [0, 0.1) is 6.92 Å². The lowest BCUT2D eigenvalue weighted by atomic mass is 10.00. The van der Waals surface area contributed by atoms with Gasteiger partial charge in [0.15, 0.2) is 0 Å². The Bertz CT molecular complexity index is 325. The Kier molecular flexibility index (Phi) is 3.27. The minimum Gasteiger partial charge on any atom is -0.399 e. The first kappa shape index (κ1) is 10.5. The molecule has 2 rings (SSSR count). The van der Waals surface area contributed by atoms with Crippen molar-refractivity contribution in [1.82, 2.24) is 5.32 Å². The maximum absolute atomic E-state index is 5.94. The zero-order valence-electron chi connectivity index (χ0n) is 9.42. The second-order valence-electron chi connectivity index (χ2n) is 4.47. The molecule has 2 nitrogen and oxygen atoms in total. The van der Waals surface area contributed by atoms with Gasteiger partial charge in [-0.05, 0) is 43.5 Å². The maximum atomic E-state index is 5.94. The molecule has 1 aromatic carbocycles. The van der Waals surface area contributed by atoms with Gasteiger partial charge in [-0.3, -0.25) is 0 Å². The van der Waals surface area contributed by atoms with Crippen LogP contribution in [0.1, 0.15) is 42.9 Å². The van der Waals surface area contributed by atoms with E-state index in [1.807, 2.05) is 0 Å². The molecule has 1 atom stereocenters. The smallest absolute Gasteiger partial charge is 0.0347 e. The van der Waals surface area contributed by atoms with Gasteiger partial charge in [-0.25, -0.2) is 0 Å². The van der Waals surface area contributed by atoms with Crippen LogP contribution in [0.4, 0.5) is 5.69 Å². The van der Waals surface area contributed by atoms with Gasteiger partial charge in [0.25, 0.3) is 0 Å². The van der Waals surface area contributed by atoms with E-state index in [0.29, 0.717) is 6.04 Å². The third-order valence-corrected chi connectivity index (χ3v) is 3.27. The van der Waals surface area contributed by atoms with E-state index < -0.39 is 0 Å². The molecule has 0 bridgehead atoms. The standard InChI is InChI=1S/C13H20N2/c1-10-6-7-11(9-12(10)14)13-5-3-2-4-8-15-13/h6-7,9,13,15H,2-5,8,14H2,1H3. The Balaban J connectivity index is 2.16. The molecule has 0 saturated carbocycles. The Morgan fingerprint density at radius 1 is 1.27 bits per heavy atom. The van der Waals surface area contributed by atoms with Crippen molar-refractivity contribution in [3.05, 3.63) is 29.3 Å². The highest BCUT2D eigenvalue weighted by Gasteiger charge is 2.13. The number of hydrogen-bond donors (Lipinski definition) is 2. The van der Waals surface area contributed by atoms with E-state index in [2.05, 4.69) is 30.4 Å². The summed E-state index contributed by atoms with van der Waals surface area (Å²) >= 11 is 0. The van der Waals surface area contributed by atoms with E-state index in [4.69, 9.17) is 5.73 Å². The minimum absolute atomic E-state index is 0.510. The quantitative estimate of drug-likeness (QED) is 0.690. The van der Waals surface area contributed by atoms with Crippen LogP contribution in [-0.4, -0.2) is 6.54 Å². The fraction of sp³-hybridized carbons (Fsp3) is 0.538. The summed E-state index contributed by atoms with van der Waals surface area (Å²) < 4.78 is 0. The molecule has 0 amide bonds. The van der Waals surface area contributed by atoms with Crippen LogP contribution < -0.4 is 11.1 Å². The first-order valence-electron chi connectivity index (χ1n) is 5.87. The highest BCUT2D eigenvalue weighted by atomic mass is 14.9. The number of hydrogen-bond acceptors (Lipinski definition) is 2. The zero-order chi connectivity index (χ0) is 10.7. The number of benzene rings is 1. The molecule has 1 aliphatic rings. The van der Waals surface area contributed by atoms with E-state index in [-0.39, 0.29) is 0 Å². The normalized spacial score (nSPS) is 22.3. The predicted octanol–water partition coefficient (Wildman–Crippen LogP) is 2.78. The van der Waals surface area contributed by atoms with Gasteiger partial charge in [-0.2, -0.15) is 0 Å². The monoisotopic (exact) mass is 204 g/mol. The Morgan fingerprint density at radius 2 is 2.13 bits per heavy atom. The van der Waals surface area contributed by atoms with E-state index in [0.717, 1.165) is 12.2 Å². The lowest BCUT2D eigenvalue weighted by molar-refractivity contribution is 0.535. The van der Waals surface area contributed by atoms with Crippen LogP contribution in [0.3, 0.4) is 0 Å². The molecule has 1 fully saturated rings. The number of nitrogens with two attached hydrogens (primary N) is 1. The van der Waals surface area contributed by atoms with Gasteiger partial charge in [-0.1, -0.05) is 25.0 Å². The van der Waals surface area contributed by atoms with Crippen LogP contribution >= 0.6 is 0 Å². The number of rotatable bonds is 1. The maximum Gasteiger partial charge on any atom is 0.0347 e. The minimum atomic E-state index is 0.510. The molecule has 2 heteroatoms. The molecule has 15 heavy (non-hydrogen) atoms. The van der Waals surface area contributed by atoms with Crippen molar-refractivity contribution in [2.24, 2.45) is 0 Å². The molecular formula is C13H20N2. The van der Waals surface area contributed by atoms with Crippen molar-refractivity contribution in [1.29, 1.82) is 0 Å². The third kappa shape index (κ3) is 2.51. The fourth-order valence-corrected chi connectivity index (χ4v) is 2.19. The van der Waals surface area contributed by atoms with Gasteiger partial charge in [0.1, 0.15) is 0 Å². The van der Waals surface area contributed by atoms with Crippen LogP contribution in [0.2, 0.25) is 0 Å². The summed E-state index contributed by atoms with van der Waals surface area (Å²) in [5.74, 6) is 0. The molecular weight excluding hydrogens is 184 g/mol. The molecule has 0 radical (unpaired) electrons. The highest BCUT2D eigenvalue weighted by Crippen LogP contribution is 2.25. The van der Waals surface area contributed by atoms with Gasteiger partial charge in [0.05, 0.1) is 0 Å². The SMILES string of the molecule is Cc1ccc(C2CCCCCN2)cc1N. The third-order valence-electron chi connectivity index (χ3n) is 3.27. The summed E-state index contributed by atoms with van der Waals surface area (Å²) in [4.78, 5) is 0. The molecule has 0 spiro atoms. The zero-order valence-corrected chi connectivity index (χ0v) is 9.42. The largest absolute Gasteiger partial charge is 0.399 e. The first-order chi connectivity index (χ1) is 7.27. The molecule has 1 aliphatic heterocycles.